The zero-order valence-electron chi connectivity index (χ0n) is 12.8. The van der Waals surface area contributed by atoms with Crippen molar-refractivity contribution in [1.29, 1.82) is 5.41 Å². The second-order valence-corrected chi connectivity index (χ2v) is 5.80. The molecule has 0 heterocycles. The molecular weight excluding hydrogens is 278 g/mol. The van der Waals surface area contributed by atoms with E-state index in [4.69, 9.17) is 5.41 Å². The van der Waals surface area contributed by atoms with Crippen molar-refractivity contribution in [1.82, 2.24) is 0 Å². The van der Waals surface area contributed by atoms with Gasteiger partial charge in [-0.3, -0.25) is 0 Å². The molecule has 1 N–H and O–H groups in total. The minimum Gasteiger partial charge on any atom is -0.308 e. The maximum atomic E-state index is 7.78. The van der Waals surface area contributed by atoms with Gasteiger partial charge in [-0.25, -0.2) is 0 Å². The second kappa shape index (κ2) is 5.69. The SMILES string of the molecule is N=Cc1ccc2ccccc2c1-c1cccc(C2=CC=CC2)c1. The number of hydrogen-bond acceptors (Lipinski definition) is 1. The molecule has 0 radical (unpaired) electrons. The number of fused-ring (bicyclic) bond motifs is 1. The van der Waals surface area contributed by atoms with E-state index >= 15 is 0 Å². The monoisotopic (exact) mass is 295 g/mol. The van der Waals surface area contributed by atoms with Gasteiger partial charge in [0.2, 0.25) is 0 Å². The topological polar surface area (TPSA) is 23.9 Å². The van der Waals surface area contributed by atoms with Crippen molar-refractivity contribution in [2.45, 2.75) is 6.42 Å². The third kappa shape index (κ3) is 2.40. The van der Waals surface area contributed by atoms with Gasteiger partial charge in [-0.1, -0.05) is 72.8 Å². The number of rotatable bonds is 3. The van der Waals surface area contributed by atoms with E-state index < -0.39 is 0 Å². The molecule has 4 rings (SSSR count). The van der Waals surface area contributed by atoms with Crippen molar-refractivity contribution in [2.75, 3.05) is 0 Å². The second-order valence-electron chi connectivity index (χ2n) is 5.80. The molecule has 0 saturated carbocycles. The Kier molecular flexibility index (Phi) is 3.39. The summed E-state index contributed by atoms with van der Waals surface area (Å²) in [6.07, 6.45) is 8.92. The normalized spacial score (nSPS) is 13.3. The summed E-state index contributed by atoms with van der Waals surface area (Å²) in [5.41, 5.74) is 5.89. The molecular formula is C22H17N. The molecule has 0 aromatic heterocycles. The summed E-state index contributed by atoms with van der Waals surface area (Å²) >= 11 is 0. The minimum atomic E-state index is 0.958. The average molecular weight is 295 g/mol. The molecule has 3 aromatic carbocycles. The highest BCUT2D eigenvalue weighted by Crippen LogP contribution is 2.34. The van der Waals surface area contributed by atoms with Crippen LogP contribution < -0.4 is 0 Å². The molecule has 0 spiro atoms. The van der Waals surface area contributed by atoms with E-state index in [1.165, 1.54) is 33.7 Å². The summed E-state index contributed by atoms with van der Waals surface area (Å²) in [7, 11) is 0. The highest BCUT2D eigenvalue weighted by atomic mass is 14.3. The Labute approximate surface area is 136 Å². The van der Waals surface area contributed by atoms with Gasteiger partial charge < -0.3 is 5.41 Å². The van der Waals surface area contributed by atoms with Gasteiger partial charge in [0.15, 0.2) is 0 Å². The summed E-state index contributed by atoms with van der Waals surface area (Å²) in [6, 6.07) is 21.2. The molecule has 3 aromatic rings. The lowest BCUT2D eigenvalue weighted by Gasteiger charge is -2.12. The molecule has 0 bridgehead atoms. The van der Waals surface area contributed by atoms with Crippen LogP contribution in [0.3, 0.4) is 0 Å². The molecule has 1 aliphatic rings. The maximum absolute atomic E-state index is 7.78. The lowest BCUT2D eigenvalue weighted by molar-refractivity contribution is 1.43. The predicted molar refractivity (Wildman–Crippen MR) is 99.0 cm³/mol. The summed E-state index contributed by atoms with van der Waals surface area (Å²) in [6.45, 7) is 0. The molecule has 1 heteroatoms. The molecule has 0 fully saturated rings. The Hall–Kier alpha value is -2.93. The summed E-state index contributed by atoms with van der Waals surface area (Å²) < 4.78 is 0. The molecule has 0 unspecified atom stereocenters. The van der Waals surface area contributed by atoms with Gasteiger partial charge in [0.25, 0.3) is 0 Å². The van der Waals surface area contributed by atoms with Gasteiger partial charge in [0.05, 0.1) is 0 Å². The van der Waals surface area contributed by atoms with Crippen LogP contribution in [0, 0.1) is 5.41 Å². The first-order valence-electron chi connectivity index (χ1n) is 7.85. The van der Waals surface area contributed by atoms with Crippen LogP contribution in [0.15, 0.2) is 78.9 Å². The largest absolute Gasteiger partial charge is 0.308 e. The molecule has 0 atom stereocenters. The lowest BCUT2D eigenvalue weighted by atomic mass is 9.91. The van der Waals surface area contributed by atoms with Gasteiger partial charge in [-0.2, -0.15) is 0 Å². The molecule has 110 valence electrons. The number of nitrogens with one attached hydrogen (secondary N) is 1. The Bertz CT molecular complexity index is 961. The van der Waals surface area contributed by atoms with E-state index in [0.717, 1.165) is 17.5 Å². The number of hydrogen-bond donors (Lipinski definition) is 1. The lowest BCUT2D eigenvalue weighted by Crippen LogP contribution is -1.91. The number of allylic oxidation sites excluding steroid dienone is 4. The highest BCUT2D eigenvalue weighted by molar-refractivity contribution is 6.05. The van der Waals surface area contributed by atoms with E-state index in [1.807, 2.05) is 6.07 Å². The summed E-state index contributed by atoms with van der Waals surface area (Å²) in [5, 5.41) is 10.2. The maximum Gasteiger partial charge on any atom is 0.0256 e. The number of benzene rings is 3. The van der Waals surface area contributed by atoms with Crippen LogP contribution in [-0.4, -0.2) is 6.21 Å². The van der Waals surface area contributed by atoms with Crippen LogP contribution >= 0.6 is 0 Å². The van der Waals surface area contributed by atoms with E-state index in [0.29, 0.717) is 0 Å². The smallest absolute Gasteiger partial charge is 0.0256 e. The van der Waals surface area contributed by atoms with Crippen LogP contribution in [0.4, 0.5) is 0 Å². The van der Waals surface area contributed by atoms with Crippen LogP contribution in [0.25, 0.3) is 27.5 Å². The van der Waals surface area contributed by atoms with E-state index in [1.54, 1.807) is 0 Å². The van der Waals surface area contributed by atoms with Crippen LogP contribution in [0.5, 0.6) is 0 Å². The third-order valence-corrected chi connectivity index (χ3v) is 4.41. The zero-order valence-corrected chi connectivity index (χ0v) is 12.8. The van der Waals surface area contributed by atoms with Gasteiger partial charge in [0, 0.05) is 11.8 Å². The van der Waals surface area contributed by atoms with Crippen LogP contribution in [0.2, 0.25) is 0 Å². The van der Waals surface area contributed by atoms with Crippen LogP contribution in [-0.2, 0) is 0 Å². The minimum absolute atomic E-state index is 0.958. The Morgan fingerprint density at radius 2 is 1.74 bits per heavy atom. The summed E-state index contributed by atoms with van der Waals surface area (Å²) in [4.78, 5) is 0. The molecule has 0 aliphatic heterocycles. The first kappa shape index (κ1) is 13.7. The molecule has 0 saturated heterocycles. The zero-order chi connectivity index (χ0) is 15.6. The van der Waals surface area contributed by atoms with Gasteiger partial charge in [0.1, 0.15) is 0 Å². The first-order chi connectivity index (χ1) is 11.4. The highest BCUT2D eigenvalue weighted by Gasteiger charge is 2.10. The molecule has 0 amide bonds. The Balaban J connectivity index is 1.95. The van der Waals surface area contributed by atoms with Crippen molar-refractivity contribution in [3.63, 3.8) is 0 Å². The Morgan fingerprint density at radius 3 is 2.57 bits per heavy atom. The van der Waals surface area contributed by atoms with Crippen molar-refractivity contribution in [3.8, 4) is 11.1 Å². The van der Waals surface area contributed by atoms with E-state index in [9.17, 15) is 0 Å². The molecule has 1 nitrogen and oxygen atoms in total. The fourth-order valence-electron chi connectivity index (χ4n) is 3.27. The third-order valence-electron chi connectivity index (χ3n) is 4.41. The standard InChI is InChI=1S/C22H17N/c23-15-20-13-12-17-8-3-4-11-21(17)22(20)19-10-5-9-18(14-19)16-6-1-2-7-16/h1-6,8-15,23H,7H2. The van der Waals surface area contributed by atoms with Crippen LogP contribution in [0.1, 0.15) is 17.5 Å². The van der Waals surface area contributed by atoms with E-state index in [-0.39, 0.29) is 0 Å². The predicted octanol–water partition coefficient (Wildman–Crippen LogP) is 5.85. The van der Waals surface area contributed by atoms with Crippen molar-refractivity contribution in [3.05, 3.63) is 90.0 Å². The fourth-order valence-corrected chi connectivity index (χ4v) is 3.27. The van der Waals surface area contributed by atoms with Crippen molar-refractivity contribution >= 4 is 22.6 Å². The first-order valence-corrected chi connectivity index (χ1v) is 7.85. The van der Waals surface area contributed by atoms with Gasteiger partial charge in [-0.05, 0) is 45.5 Å². The summed E-state index contributed by atoms with van der Waals surface area (Å²) in [5.74, 6) is 0. The Morgan fingerprint density at radius 1 is 0.870 bits per heavy atom. The average Bonchev–Trinajstić information content (AvgIpc) is 3.15. The van der Waals surface area contributed by atoms with Crippen molar-refractivity contribution < 1.29 is 0 Å². The van der Waals surface area contributed by atoms with Gasteiger partial charge >= 0.3 is 0 Å². The molecule has 1 aliphatic carbocycles. The fraction of sp³-hybridized carbons (Fsp3) is 0.0455. The van der Waals surface area contributed by atoms with E-state index in [2.05, 4.69) is 72.8 Å². The van der Waals surface area contributed by atoms with Crippen molar-refractivity contribution in [2.24, 2.45) is 0 Å². The van der Waals surface area contributed by atoms with Gasteiger partial charge in [-0.15, -0.1) is 0 Å². The molecule has 23 heavy (non-hydrogen) atoms. The quantitative estimate of drug-likeness (QED) is 0.586.